The zero-order valence-electron chi connectivity index (χ0n) is 14.2. The van der Waals surface area contributed by atoms with Crippen molar-refractivity contribution in [3.8, 4) is 5.75 Å². The minimum Gasteiger partial charge on any atom is -0.493 e. The summed E-state index contributed by atoms with van der Waals surface area (Å²) < 4.78 is 5.91. The van der Waals surface area contributed by atoms with Crippen molar-refractivity contribution in [3.63, 3.8) is 0 Å². The van der Waals surface area contributed by atoms with E-state index in [1.54, 1.807) is 0 Å². The van der Waals surface area contributed by atoms with Gasteiger partial charge in [0.2, 0.25) is 0 Å². The van der Waals surface area contributed by atoms with Crippen LogP contribution in [0, 0.1) is 6.92 Å². The second-order valence-corrected chi connectivity index (χ2v) is 6.26. The Morgan fingerprint density at radius 2 is 1.67 bits per heavy atom. The van der Waals surface area contributed by atoms with Crippen molar-refractivity contribution in [3.05, 3.63) is 77.9 Å². The number of ether oxygens (including phenoxy) is 1. The van der Waals surface area contributed by atoms with E-state index in [0.717, 1.165) is 25.2 Å². The molecule has 1 atom stereocenters. The summed E-state index contributed by atoms with van der Waals surface area (Å²) >= 11 is 0. The summed E-state index contributed by atoms with van der Waals surface area (Å²) in [5, 5.41) is 2.60. The smallest absolute Gasteiger partial charge is 0.122 e. The van der Waals surface area contributed by atoms with Crippen LogP contribution < -0.4 is 10.5 Å². The highest BCUT2D eigenvalue weighted by Gasteiger charge is 2.12. The fraction of sp³-hybridized carbons (Fsp3) is 0.273. The Morgan fingerprint density at radius 3 is 2.50 bits per heavy atom. The third kappa shape index (κ3) is 3.77. The lowest BCUT2D eigenvalue weighted by Crippen LogP contribution is -2.14. The van der Waals surface area contributed by atoms with Gasteiger partial charge < -0.3 is 10.5 Å². The van der Waals surface area contributed by atoms with Gasteiger partial charge in [-0.05, 0) is 60.2 Å². The fourth-order valence-electron chi connectivity index (χ4n) is 3.24. The van der Waals surface area contributed by atoms with Gasteiger partial charge in [-0.2, -0.15) is 0 Å². The maximum Gasteiger partial charge on any atom is 0.122 e. The molecule has 1 unspecified atom stereocenters. The molecule has 0 fully saturated rings. The van der Waals surface area contributed by atoms with E-state index in [-0.39, 0.29) is 0 Å². The average Bonchev–Trinajstić information content (AvgIpc) is 2.63. The number of nitrogens with two attached hydrogens (primary N) is 1. The molecule has 2 nitrogen and oxygen atoms in total. The molecule has 3 rings (SSSR count). The number of rotatable bonds is 7. The second kappa shape index (κ2) is 7.98. The van der Waals surface area contributed by atoms with Gasteiger partial charge in [0.25, 0.3) is 0 Å². The second-order valence-electron chi connectivity index (χ2n) is 6.26. The summed E-state index contributed by atoms with van der Waals surface area (Å²) in [6.45, 7) is 3.47. The maximum absolute atomic E-state index is 6.07. The Labute approximate surface area is 144 Å². The molecule has 0 amide bonds. The predicted octanol–water partition coefficient (Wildman–Crippen LogP) is 5.05. The van der Waals surface area contributed by atoms with E-state index in [1.165, 1.54) is 21.9 Å². The van der Waals surface area contributed by atoms with Crippen molar-refractivity contribution in [1.82, 2.24) is 0 Å². The summed E-state index contributed by atoms with van der Waals surface area (Å²) in [6, 6.07) is 23.2. The molecule has 24 heavy (non-hydrogen) atoms. The highest BCUT2D eigenvalue weighted by atomic mass is 16.5. The molecule has 0 aliphatic carbocycles. The van der Waals surface area contributed by atoms with Crippen molar-refractivity contribution in [2.45, 2.75) is 25.7 Å². The maximum atomic E-state index is 6.07. The Bertz CT molecular complexity index is 791. The number of fused-ring (bicyclic) bond motifs is 1. The SMILES string of the molecule is Cc1ccccc1OCCCC(CN)c1cccc2ccccc12. The van der Waals surface area contributed by atoms with Gasteiger partial charge in [-0.25, -0.2) is 0 Å². The highest BCUT2D eigenvalue weighted by molar-refractivity contribution is 5.86. The topological polar surface area (TPSA) is 35.2 Å². The number of hydrogen-bond acceptors (Lipinski definition) is 2. The van der Waals surface area contributed by atoms with Crippen LogP contribution in [0.5, 0.6) is 5.75 Å². The van der Waals surface area contributed by atoms with Crippen LogP contribution in [0.3, 0.4) is 0 Å². The van der Waals surface area contributed by atoms with Crippen LogP contribution in [-0.4, -0.2) is 13.2 Å². The van der Waals surface area contributed by atoms with E-state index < -0.39 is 0 Å². The van der Waals surface area contributed by atoms with Gasteiger partial charge in [-0.15, -0.1) is 0 Å². The summed E-state index contributed by atoms with van der Waals surface area (Å²) in [4.78, 5) is 0. The zero-order valence-corrected chi connectivity index (χ0v) is 14.2. The largest absolute Gasteiger partial charge is 0.493 e. The number of para-hydroxylation sites is 1. The van der Waals surface area contributed by atoms with Gasteiger partial charge in [0.15, 0.2) is 0 Å². The van der Waals surface area contributed by atoms with Crippen LogP contribution in [0.15, 0.2) is 66.7 Å². The Kier molecular flexibility index (Phi) is 5.50. The van der Waals surface area contributed by atoms with E-state index in [2.05, 4.69) is 55.5 Å². The molecule has 0 radical (unpaired) electrons. The number of benzene rings is 3. The van der Waals surface area contributed by atoms with Gasteiger partial charge in [0, 0.05) is 0 Å². The Hall–Kier alpha value is -2.32. The van der Waals surface area contributed by atoms with Crippen molar-refractivity contribution in [2.24, 2.45) is 5.73 Å². The number of hydrogen-bond donors (Lipinski definition) is 1. The van der Waals surface area contributed by atoms with E-state index >= 15 is 0 Å². The Balaban J connectivity index is 1.63. The first-order valence-electron chi connectivity index (χ1n) is 8.65. The van der Waals surface area contributed by atoms with Crippen molar-refractivity contribution in [1.29, 1.82) is 0 Å². The van der Waals surface area contributed by atoms with E-state index in [4.69, 9.17) is 10.5 Å². The molecule has 0 heterocycles. The molecule has 0 saturated heterocycles. The lowest BCUT2D eigenvalue weighted by molar-refractivity contribution is 0.300. The summed E-state index contributed by atoms with van der Waals surface area (Å²) in [6.07, 6.45) is 2.04. The average molecular weight is 319 g/mol. The van der Waals surface area contributed by atoms with Crippen molar-refractivity contribution in [2.75, 3.05) is 13.2 Å². The molecule has 0 bridgehead atoms. The molecule has 0 aliphatic rings. The van der Waals surface area contributed by atoms with E-state index in [0.29, 0.717) is 12.5 Å². The molecule has 0 saturated carbocycles. The number of aryl methyl sites for hydroxylation is 1. The minimum absolute atomic E-state index is 0.372. The van der Waals surface area contributed by atoms with Crippen LogP contribution >= 0.6 is 0 Å². The minimum atomic E-state index is 0.372. The standard InChI is InChI=1S/C22H25NO/c1-17-8-2-5-14-22(17)24-15-7-11-19(16-23)21-13-6-10-18-9-3-4-12-20(18)21/h2-6,8-10,12-14,19H,7,11,15-16,23H2,1H3. The predicted molar refractivity (Wildman–Crippen MR) is 102 cm³/mol. The van der Waals surface area contributed by atoms with E-state index in [1.807, 2.05) is 18.2 Å². The van der Waals surface area contributed by atoms with Crippen molar-refractivity contribution < 1.29 is 4.74 Å². The van der Waals surface area contributed by atoms with Crippen molar-refractivity contribution >= 4 is 10.8 Å². The van der Waals surface area contributed by atoms with Gasteiger partial charge in [0.1, 0.15) is 5.75 Å². The molecule has 3 aromatic carbocycles. The van der Waals surface area contributed by atoms with Crippen LogP contribution in [0.2, 0.25) is 0 Å². The molecular weight excluding hydrogens is 294 g/mol. The zero-order chi connectivity index (χ0) is 16.8. The van der Waals surface area contributed by atoms with Crippen LogP contribution in [0.25, 0.3) is 10.8 Å². The van der Waals surface area contributed by atoms with Crippen LogP contribution in [0.1, 0.15) is 29.9 Å². The summed E-state index contributed by atoms with van der Waals surface area (Å²) in [7, 11) is 0. The molecule has 2 N–H and O–H groups in total. The molecule has 3 aromatic rings. The lowest BCUT2D eigenvalue weighted by atomic mass is 9.90. The first kappa shape index (κ1) is 16.5. The lowest BCUT2D eigenvalue weighted by Gasteiger charge is -2.18. The van der Waals surface area contributed by atoms with Gasteiger partial charge >= 0.3 is 0 Å². The molecule has 2 heteroatoms. The monoisotopic (exact) mass is 319 g/mol. The van der Waals surface area contributed by atoms with Crippen LogP contribution in [-0.2, 0) is 0 Å². The van der Waals surface area contributed by atoms with Crippen LogP contribution in [0.4, 0.5) is 0 Å². The Morgan fingerprint density at radius 1 is 0.917 bits per heavy atom. The third-order valence-electron chi connectivity index (χ3n) is 4.60. The molecule has 0 aromatic heterocycles. The quantitative estimate of drug-likeness (QED) is 0.618. The molecular formula is C22H25NO. The van der Waals surface area contributed by atoms with E-state index in [9.17, 15) is 0 Å². The first-order valence-corrected chi connectivity index (χ1v) is 8.65. The van der Waals surface area contributed by atoms with Gasteiger partial charge in [-0.1, -0.05) is 60.7 Å². The summed E-state index contributed by atoms with van der Waals surface area (Å²) in [5.74, 6) is 1.35. The van der Waals surface area contributed by atoms with Gasteiger partial charge in [0.05, 0.1) is 6.61 Å². The third-order valence-corrected chi connectivity index (χ3v) is 4.60. The summed E-state index contributed by atoms with van der Waals surface area (Å²) in [5.41, 5.74) is 8.61. The van der Waals surface area contributed by atoms with Gasteiger partial charge in [-0.3, -0.25) is 0 Å². The fourth-order valence-corrected chi connectivity index (χ4v) is 3.24. The normalized spacial score (nSPS) is 12.2. The highest BCUT2D eigenvalue weighted by Crippen LogP contribution is 2.28. The molecule has 0 aliphatic heterocycles. The molecule has 124 valence electrons. The molecule has 0 spiro atoms. The first-order chi connectivity index (χ1) is 11.8.